The summed E-state index contributed by atoms with van der Waals surface area (Å²) in [5, 5.41) is 3.04. The van der Waals surface area contributed by atoms with Gasteiger partial charge in [0.2, 0.25) is 11.8 Å². The zero-order valence-corrected chi connectivity index (χ0v) is 17.0. The number of nitrogens with two attached hydrogens (primary N) is 1. The van der Waals surface area contributed by atoms with Crippen molar-refractivity contribution in [3.8, 4) is 0 Å². The van der Waals surface area contributed by atoms with Crippen molar-refractivity contribution in [1.82, 2.24) is 10.2 Å². The predicted molar refractivity (Wildman–Crippen MR) is 110 cm³/mol. The number of carbonyl (C=O) groups is 2. The summed E-state index contributed by atoms with van der Waals surface area (Å²) in [5.41, 5.74) is 8.04. The molecular weight excluding hydrogens is 362 g/mol. The molecule has 0 bridgehead atoms. The number of carbonyl (C=O) groups excluding carboxylic acids is 2. The molecule has 5 nitrogen and oxygen atoms in total. The number of likely N-dealkylation sites (tertiary alicyclic amines) is 1. The van der Waals surface area contributed by atoms with Crippen molar-refractivity contribution in [3.63, 3.8) is 0 Å². The van der Waals surface area contributed by atoms with Gasteiger partial charge in [0.05, 0.1) is 5.54 Å². The molecule has 1 aromatic rings. The molecule has 1 aliphatic carbocycles. The van der Waals surface area contributed by atoms with Crippen molar-refractivity contribution in [2.75, 3.05) is 13.1 Å². The van der Waals surface area contributed by atoms with Crippen molar-refractivity contribution < 1.29 is 9.59 Å². The Morgan fingerprint density at radius 2 is 1.70 bits per heavy atom. The van der Waals surface area contributed by atoms with Gasteiger partial charge in [-0.25, -0.2) is 0 Å². The Kier molecular flexibility index (Phi) is 7.68. The van der Waals surface area contributed by atoms with E-state index in [2.05, 4.69) is 24.4 Å². The lowest BCUT2D eigenvalue weighted by Crippen LogP contribution is -2.58. The fourth-order valence-corrected chi connectivity index (χ4v) is 4.10. The Labute approximate surface area is 168 Å². The number of hydrogen-bond acceptors (Lipinski definition) is 3. The SMILES string of the molecule is Cc1ccc(CNC(=O)C2CCN(C(=O)C3(N)CCCCC3)CC2)cc1.Cl. The van der Waals surface area contributed by atoms with Gasteiger partial charge in [0.1, 0.15) is 0 Å². The summed E-state index contributed by atoms with van der Waals surface area (Å²) in [6, 6.07) is 8.20. The van der Waals surface area contributed by atoms with E-state index in [1.807, 2.05) is 17.0 Å². The van der Waals surface area contributed by atoms with E-state index in [9.17, 15) is 9.59 Å². The van der Waals surface area contributed by atoms with Gasteiger partial charge in [0.15, 0.2) is 0 Å². The molecule has 0 unspecified atom stereocenters. The van der Waals surface area contributed by atoms with Crippen molar-refractivity contribution >= 4 is 24.2 Å². The molecule has 1 aromatic carbocycles. The van der Waals surface area contributed by atoms with Crippen LogP contribution in [0.3, 0.4) is 0 Å². The van der Waals surface area contributed by atoms with Gasteiger partial charge < -0.3 is 16.0 Å². The molecule has 0 atom stereocenters. The highest BCUT2D eigenvalue weighted by Crippen LogP contribution is 2.29. The van der Waals surface area contributed by atoms with E-state index in [1.165, 1.54) is 12.0 Å². The maximum Gasteiger partial charge on any atom is 0.242 e. The first kappa shape index (κ1) is 21.7. The first-order valence-electron chi connectivity index (χ1n) is 9.89. The van der Waals surface area contributed by atoms with Crippen molar-refractivity contribution in [2.45, 2.75) is 64.0 Å². The predicted octanol–water partition coefficient (Wildman–Crippen LogP) is 2.93. The molecule has 0 aromatic heterocycles. The highest BCUT2D eigenvalue weighted by atomic mass is 35.5. The smallest absolute Gasteiger partial charge is 0.242 e. The van der Waals surface area contributed by atoms with Gasteiger partial charge in [-0.05, 0) is 38.2 Å². The average Bonchev–Trinajstić information content (AvgIpc) is 2.67. The number of amides is 2. The van der Waals surface area contributed by atoms with Gasteiger partial charge in [0, 0.05) is 25.6 Å². The normalized spacial score (nSPS) is 19.9. The van der Waals surface area contributed by atoms with Crippen LogP contribution in [0.25, 0.3) is 0 Å². The van der Waals surface area contributed by atoms with Crippen LogP contribution in [0.5, 0.6) is 0 Å². The zero-order chi connectivity index (χ0) is 18.6. The van der Waals surface area contributed by atoms with Crippen LogP contribution in [0.15, 0.2) is 24.3 Å². The van der Waals surface area contributed by atoms with Crippen LogP contribution in [0.4, 0.5) is 0 Å². The molecule has 150 valence electrons. The van der Waals surface area contributed by atoms with Crippen molar-refractivity contribution in [1.29, 1.82) is 0 Å². The number of aryl methyl sites for hydroxylation is 1. The number of nitrogens with one attached hydrogen (secondary N) is 1. The van der Waals surface area contributed by atoms with Crippen LogP contribution in [0.1, 0.15) is 56.1 Å². The summed E-state index contributed by atoms with van der Waals surface area (Å²) >= 11 is 0. The molecule has 6 heteroatoms. The van der Waals surface area contributed by atoms with E-state index in [0.29, 0.717) is 19.6 Å². The van der Waals surface area contributed by atoms with E-state index in [4.69, 9.17) is 5.73 Å². The molecule has 1 heterocycles. The number of halogens is 1. The van der Waals surface area contributed by atoms with Crippen molar-refractivity contribution in [3.05, 3.63) is 35.4 Å². The van der Waals surface area contributed by atoms with Crippen LogP contribution in [-0.4, -0.2) is 35.3 Å². The summed E-state index contributed by atoms with van der Waals surface area (Å²) in [5.74, 6) is 0.179. The van der Waals surface area contributed by atoms with E-state index in [-0.39, 0.29) is 30.1 Å². The largest absolute Gasteiger partial charge is 0.352 e. The van der Waals surface area contributed by atoms with Crippen molar-refractivity contribution in [2.24, 2.45) is 11.7 Å². The maximum absolute atomic E-state index is 12.8. The first-order valence-corrected chi connectivity index (χ1v) is 9.89. The summed E-state index contributed by atoms with van der Waals surface area (Å²) in [6.07, 6.45) is 6.30. The Hall–Kier alpha value is -1.59. The molecule has 2 aliphatic rings. The topological polar surface area (TPSA) is 75.4 Å². The van der Waals surface area contributed by atoms with E-state index >= 15 is 0 Å². The average molecular weight is 394 g/mol. The number of hydrogen-bond donors (Lipinski definition) is 2. The van der Waals surface area contributed by atoms with Crippen LogP contribution in [0.2, 0.25) is 0 Å². The van der Waals surface area contributed by atoms with Gasteiger partial charge in [-0.3, -0.25) is 9.59 Å². The minimum absolute atomic E-state index is 0. The fourth-order valence-electron chi connectivity index (χ4n) is 4.10. The molecule has 0 radical (unpaired) electrons. The molecule has 1 aliphatic heterocycles. The Morgan fingerprint density at radius 1 is 1.11 bits per heavy atom. The third-order valence-electron chi connectivity index (χ3n) is 5.91. The van der Waals surface area contributed by atoms with Gasteiger partial charge in [-0.15, -0.1) is 12.4 Å². The Bertz CT molecular complexity index is 633. The second kappa shape index (κ2) is 9.56. The summed E-state index contributed by atoms with van der Waals surface area (Å²) < 4.78 is 0. The highest BCUT2D eigenvalue weighted by molar-refractivity contribution is 5.87. The Balaban J connectivity index is 0.00000261. The molecule has 3 N–H and O–H groups in total. The quantitative estimate of drug-likeness (QED) is 0.825. The molecule has 3 rings (SSSR count). The zero-order valence-electron chi connectivity index (χ0n) is 16.2. The number of nitrogens with zero attached hydrogens (tertiary/aromatic N) is 1. The second-order valence-electron chi connectivity index (χ2n) is 7.99. The van der Waals surface area contributed by atoms with E-state index < -0.39 is 5.54 Å². The number of benzene rings is 1. The van der Waals surface area contributed by atoms with Gasteiger partial charge >= 0.3 is 0 Å². The lowest BCUT2D eigenvalue weighted by Gasteiger charge is -2.39. The van der Waals surface area contributed by atoms with Gasteiger partial charge in [-0.2, -0.15) is 0 Å². The molecule has 1 saturated carbocycles. The van der Waals surface area contributed by atoms with E-state index in [0.717, 1.165) is 44.1 Å². The molecule has 0 spiro atoms. The molecular formula is C21H32ClN3O2. The lowest BCUT2D eigenvalue weighted by atomic mass is 9.81. The second-order valence-corrected chi connectivity index (χ2v) is 7.99. The molecule has 27 heavy (non-hydrogen) atoms. The third-order valence-corrected chi connectivity index (χ3v) is 5.91. The monoisotopic (exact) mass is 393 g/mol. The minimum Gasteiger partial charge on any atom is -0.352 e. The maximum atomic E-state index is 12.8. The lowest BCUT2D eigenvalue weighted by molar-refractivity contribution is -0.141. The number of piperidine rings is 1. The van der Waals surface area contributed by atoms with Gasteiger partial charge in [-0.1, -0.05) is 49.1 Å². The van der Waals surface area contributed by atoms with Crippen LogP contribution < -0.4 is 11.1 Å². The van der Waals surface area contributed by atoms with Crippen LogP contribution in [-0.2, 0) is 16.1 Å². The van der Waals surface area contributed by atoms with Crippen LogP contribution in [0, 0.1) is 12.8 Å². The molecule has 1 saturated heterocycles. The first-order chi connectivity index (χ1) is 12.5. The van der Waals surface area contributed by atoms with Gasteiger partial charge in [0.25, 0.3) is 0 Å². The Morgan fingerprint density at radius 3 is 2.30 bits per heavy atom. The molecule has 2 amide bonds. The highest BCUT2D eigenvalue weighted by Gasteiger charge is 2.39. The van der Waals surface area contributed by atoms with E-state index in [1.54, 1.807) is 0 Å². The minimum atomic E-state index is -0.668. The summed E-state index contributed by atoms with van der Waals surface area (Å²) in [7, 11) is 0. The molecule has 2 fully saturated rings. The fraction of sp³-hybridized carbons (Fsp3) is 0.619. The third kappa shape index (κ3) is 5.45. The van der Waals surface area contributed by atoms with Crippen LogP contribution >= 0.6 is 12.4 Å². The standard InChI is InChI=1S/C21H31N3O2.ClH/c1-16-5-7-17(8-6-16)15-23-19(25)18-9-13-24(14-10-18)20(26)21(22)11-3-2-4-12-21;/h5-8,18H,2-4,9-15,22H2,1H3,(H,23,25);1H. The summed E-state index contributed by atoms with van der Waals surface area (Å²) in [4.78, 5) is 27.1. The summed E-state index contributed by atoms with van der Waals surface area (Å²) in [6.45, 7) is 3.89. The number of rotatable bonds is 4.